The monoisotopic (exact) mass is 282 g/mol. The van der Waals surface area contributed by atoms with Gasteiger partial charge in [-0.3, -0.25) is 4.68 Å². The molecule has 0 saturated carbocycles. The number of carboxylic acids is 1. The molecule has 0 aliphatic carbocycles. The molecule has 6 nitrogen and oxygen atoms in total. The van der Waals surface area contributed by atoms with Gasteiger partial charge in [-0.1, -0.05) is 6.07 Å². The van der Waals surface area contributed by atoms with Crippen LogP contribution in [0.2, 0.25) is 0 Å². The number of hydrogen-bond donors (Lipinski definition) is 1. The average Bonchev–Trinajstić information content (AvgIpc) is 3.11. The van der Waals surface area contributed by atoms with Crippen LogP contribution in [0, 0.1) is 0 Å². The second-order valence-corrected chi connectivity index (χ2v) is 5.33. The lowest BCUT2D eigenvalue weighted by molar-refractivity contribution is 0.0689. The highest BCUT2D eigenvalue weighted by atomic mass is 16.4. The Morgan fingerprint density at radius 1 is 1.33 bits per heavy atom. The maximum absolute atomic E-state index is 11.0. The molecular weight excluding hydrogens is 268 g/mol. The van der Waals surface area contributed by atoms with Crippen LogP contribution in [0.3, 0.4) is 0 Å². The molecule has 1 aliphatic heterocycles. The number of nitrogens with zero attached hydrogens (tertiary/aromatic N) is 4. The Bertz CT molecular complexity index is 875. The Morgan fingerprint density at radius 3 is 2.95 bits per heavy atom. The number of rotatable bonds is 2. The lowest BCUT2D eigenvalue weighted by atomic mass is 10.1. The fraction of sp³-hybridized carbons (Fsp3) is 0.267. The van der Waals surface area contributed by atoms with Crippen molar-refractivity contribution in [1.82, 2.24) is 19.3 Å². The van der Waals surface area contributed by atoms with Gasteiger partial charge in [-0.2, -0.15) is 5.10 Å². The zero-order chi connectivity index (χ0) is 14.6. The molecule has 0 fully saturated rings. The number of aromatic carboxylic acids is 1. The van der Waals surface area contributed by atoms with Crippen LogP contribution in [-0.4, -0.2) is 30.4 Å². The van der Waals surface area contributed by atoms with Crippen LogP contribution in [0.25, 0.3) is 22.3 Å². The molecular formula is C15H14N4O2. The fourth-order valence-corrected chi connectivity index (χ4v) is 3.01. The van der Waals surface area contributed by atoms with E-state index in [0.29, 0.717) is 0 Å². The van der Waals surface area contributed by atoms with Crippen molar-refractivity contribution in [2.24, 2.45) is 7.05 Å². The first kappa shape index (κ1) is 12.1. The lowest BCUT2D eigenvalue weighted by Gasteiger charge is -2.04. The number of carbonyl (C=O) groups is 1. The summed E-state index contributed by atoms with van der Waals surface area (Å²) in [6.45, 7) is 1.00. The van der Waals surface area contributed by atoms with Gasteiger partial charge in [-0.15, -0.1) is 0 Å². The summed E-state index contributed by atoms with van der Waals surface area (Å²) in [7, 11) is 1.76. The van der Waals surface area contributed by atoms with Crippen LogP contribution < -0.4 is 0 Å². The first-order valence-corrected chi connectivity index (χ1v) is 6.90. The number of aryl methyl sites for hydroxylation is 3. The third kappa shape index (κ3) is 1.75. The third-order valence-electron chi connectivity index (χ3n) is 4.00. The fourth-order valence-electron chi connectivity index (χ4n) is 3.01. The molecule has 0 saturated heterocycles. The van der Waals surface area contributed by atoms with Crippen molar-refractivity contribution in [2.45, 2.75) is 19.4 Å². The summed E-state index contributed by atoms with van der Waals surface area (Å²) >= 11 is 0. The number of imidazole rings is 1. The van der Waals surface area contributed by atoms with Gasteiger partial charge in [0.05, 0.1) is 16.7 Å². The highest BCUT2D eigenvalue weighted by molar-refractivity contribution is 5.88. The number of hydrogen-bond acceptors (Lipinski definition) is 3. The predicted octanol–water partition coefficient (Wildman–Crippen LogP) is 2.08. The molecule has 0 amide bonds. The summed E-state index contributed by atoms with van der Waals surface area (Å²) in [6.07, 6.45) is 2.16. The molecule has 0 bridgehead atoms. The van der Waals surface area contributed by atoms with E-state index in [1.54, 1.807) is 17.8 Å². The normalized spacial score (nSPS) is 13.8. The Hall–Kier alpha value is -2.63. The molecule has 6 heteroatoms. The topological polar surface area (TPSA) is 72.9 Å². The quantitative estimate of drug-likeness (QED) is 0.781. The van der Waals surface area contributed by atoms with Gasteiger partial charge in [0.25, 0.3) is 0 Å². The molecule has 0 radical (unpaired) electrons. The molecule has 3 heterocycles. The van der Waals surface area contributed by atoms with E-state index in [1.807, 2.05) is 12.1 Å². The summed E-state index contributed by atoms with van der Waals surface area (Å²) in [4.78, 5) is 15.7. The zero-order valence-corrected chi connectivity index (χ0v) is 11.6. The second-order valence-electron chi connectivity index (χ2n) is 5.33. The van der Waals surface area contributed by atoms with Gasteiger partial charge in [0.1, 0.15) is 5.82 Å². The Kier molecular flexibility index (Phi) is 2.42. The van der Waals surface area contributed by atoms with Gasteiger partial charge in [0.15, 0.2) is 5.69 Å². The Labute approximate surface area is 120 Å². The number of carboxylic acid groups (broad SMARTS) is 1. The molecule has 2 aromatic heterocycles. The molecule has 1 aromatic carbocycles. The summed E-state index contributed by atoms with van der Waals surface area (Å²) in [5, 5.41) is 13.1. The van der Waals surface area contributed by atoms with Crippen molar-refractivity contribution in [2.75, 3.05) is 0 Å². The zero-order valence-electron chi connectivity index (χ0n) is 11.6. The van der Waals surface area contributed by atoms with E-state index in [-0.39, 0.29) is 5.69 Å². The molecule has 0 unspecified atom stereocenters. The van der Waals surface area contributed by atoms with Crippen molar-refractivity contribution in [3.05, 3.63) is 35.8 Å². The van der Waals surface area contributed by atoms with Gasteiger partial charge < -0.3 is 9.67 Å². The molecule has 4 rings (SSSR count). The minimum Gasteiger partial charge on any atom is -0.476 e. The number of fused-ring (bicyclic) bond motifs is 3. The smallest absolute Gasteiger partial charge is 0.356 e. The molecule has 0 spiro atoms. The SMILES string of the molecule is Cn1nc(C(=O)O)cc1-c1ccc2nc3n(c2c1)CCC3. The predicted molar refractivity (Wildman–Crippen MR) is 77.2 cm³/mol. The highest BCUT2D eigenvalue weighted by Gasteiger charge is 2.18. The van der Waals surface area contributed by atoms with E-state index in [1.165, 1.54) is 0 Å². The summed E-state index contributed by atoms with van der Waals surface area (Å²) in [5.74, 6) is 0.126. The van der Waals surface area contributed by atoms with E-state index in [2.05, 4.69) is 20.7 Å². The maximum atomic E-state index is 11.0. The van der Waals surface area contributed by atoms with Crippen LogP contribution in [0.15, 0.2) is 24.3 Å². The van der Waals surface area contributed by atoms with Crippen molar-refractivity contribution in [3.8, 4) is 11.3 Å². The largest absolute Gasteiger partial charge is 0.476 e. The summed E-state index contributed by atoms with van der Waals surface area (Å²) in [5.41, 5.74) is 3.92. The standard InChI is InChI=1S/C15H14N4O2/c1-18-12(8-11(17-18)15(20)21)9-4-5-10-13(7-9)19-6-2-3-14(19)16-10/h4-5,7-8H,2-3,6H2,1H3,(H,20,21). The second kappa shape index (κ2) is 4.18. The molecule has 1 N–H and O–H groups in total. The molecule has 106 valence electrons. The first-order chi connectivity index (χ1) is 10.1. The van der Waals surface area contributed by atoms with Crippen LogP contribution in [-0.2, 0) is 20.0 Å². The molecule has 0 atom stereocenters. The van der Waals surface area contributed by atoms with E-state index in [9.17, 15) is 4.79 Å². The third-order valence-corrected chi connectivity index (χ3v) is 4.00. The van der Waals surface area contributed by atoms with Crippen LogP contribution in [0.4, 0.5) is 0 Å². The van der Waals surface area contributed by atoms with Crippen molar-refractivity contribution in [1.29, 1.82) is 0 Å². The van der Waals surface area contributed by atoms with Crippen molar-refractivity contribution in [3.63, 3.8) is 0 Å². The number of benzene rings is 1. The van der Waals surface area contributed by atoms with Crippen molar-refractivity contribution >= 4 is 17.0 Å². The van der Waals surface area contributed by atoms with E-state index in [4.69, 9.17) is 5.11 Å². The van der Waals surface area contributed by atoms with Gasteiger partial charge in [0, 0.05) is 25.6 Å². The Morgan fingerprint density at radius 2 is 2.19 bits per heavy atom. The Balaban J connectivity index is 1.89. The van der Waals surface area contributed by atoms with E-state index in [0.717, 1.165) is 47.5 Å². The highest BCUT2D eigenvalue weighted by Crippen LogP contribution is 2.28. The lowest BCUT2D eigenvalue weighted by Crippen LogP contribution is -1.99. The van der Waals surface area contributed by atoms with E-state index >= 15 is 0 Å². The van der Waals surface area contributed by atoms with Crippen molar-refractivity contribution < 1.29 is 9.90 Å². The van der Waals surface area contributed by atoms with Crippen LogP contribution in [0.5, 0.6) is 0 Å². The summed E-state index contributed by atoms with van der Waals surface area (Å²) in [6, 6.07) is 7.63. The number of aromatic nitrogens is 4. The van der Waals surface area contributed by atoms with E-state index < -0.39 is 5.97 Å². The minimum absolute atomic E-state index is 0.0612. The molecule has 1 aliphatic rings. The van der Waals surface area contributed by atoms with Crippen LogP contribution >= 0.6 is 0 Å². The first-order valence-electron chi connectivity index (χ1n) is 6.90. The molecule has 3 aromatic rings. The van der Waals surface area contributed by atoms with Gasteiger partial charge in [0.2, 0.25) is 0 Å². The van der Waals surface area contributed by atoms with Crippen LogP contribution in [0.1, 0.15) is 22.7 Å². The minimum atomic E-state index is -1.01. The average molecular weight is 282 g/mol. The molecule has 21 heavy (non-hydrogen) atoms. The maximum Gasteiger partial charge on any atom is 0.356 e. The van der Waals surface area contributed by atoms with Gasteiger partial charge >= 0.3 is 5.97 Å². The van der Waals surface area contributed by atoms with Gasteiger partial charge in [-0.25, -0.2) is 9.78 Å². The summed E-state index contributed by atoms with van der Waals surface area (Å²) < 4.78 is 3.85. The van der Waals surface area contributed by atoms with Gasteiger partial charge in [-0.05, 0) is 24.6 Å².